The first kappa shape index (κ1) is 29.5. The summed E-state index contributed by atoms with van der Waals surface area (Å²) in [6.07, 6.45) is 0. The van der Waals surface area contributed by atoms with Crippen LogP contribution >= 0.6 is 11.6 Å². The van der Waals surface area contributed by atoms with E-state index in [0.717, 1.165) is 79.3 Å². The maximum atomic E-state index is 6.98. The van der Waals surface area contributed by atoms with Crippen LogP contribution in [0.2, 0.25) is 5.15 Å². The molecule has 6 rings (SSSR count). The second kappa shape index (κ2) is 14.3. The number of hydrogen-bond acceptors (Lipinski definition) is 7. The van der Waals surface area contributed by atoms with Crippen LogP contribution in [0.25, 0.3) is 11.4 Å². The van der Waals surface area contributed by atoms with Crippen LogP contribution in [0.1, 0.15) is 23.7 Å². The van der Waals surface area contributed by atoms with Crippen molar-refractivity contribution in [1.29, 1.82) is 0 Å². The molecule has 43 heavy (non-hydrogen) atoms. The van der Waals surface area contributed by atoms with E-state index < -0.39 is 0 Å². The molecule has 1 saturated heterocycles. The fourth-order valence-electron chi connectivity index (χ4n) is 5.70. The Kier molecular flexibility index (Phi) is 9.80. The number of rotatable bonds is 12. The van der Waals surface area contributed by atoms with Crippen LogP contribution in [0.5, 0.6) is 17.2 Å². The molecular formula is C34H39ClN4O4. The summed E-state index contributed by atoms with van der Waals surface area (Å²) in [6.45, 7) is 10.9. The summed E-state index contributed by atoms with van der Waals surface area (Å²) < 4.78 is 25.4. The van der Waals surface area contributed by atoms with Gasteiger partial charge in [-0.15, -0.1) is 0 Å². The molecule has 1 aromatic heterocycles. The highest BCUT2D eigenvalue weighted by Crippen LogP contribution is 2.32. The van der Waals surface area contributed by atoms with Gasteiger partial charge < -0.3 is 23.5 Å². The zero-order chi connectivity index (χ0) is 29.4. The average Bonchev–Trinajstić information content (AvgIpc) is 3.35. The Balaban J connectivity index is 1.32. The lowest BCUT2D eigenvalue weighted by Gasteiger charge is -2.28. The molecule has 2 aliphatic rings. The Morgan fingerprint density at radius 1 is 0.814 bits per heavy atom. The number of ether oxygens (including phenoxy) is 4. The lowest BCUT2D eigenvalue weighted by molar-refractivity contribution is 0.0363. The third-order valence-electron chi connectivity index (χ3n) is 7.80. The zero-order valence-electron chi connectivity index (χ0n) is 24.7. The first-order chi connectivity index (χ1) is 21.2. The van der Waals surface area contributed by atoms with Crippen molar-refractivity contribution in [3.8, 4) is 28.6 Å². The van der Waals surface area contributed by atoms with Gasteiger partial charge >= 0.3 is 0 Å². The van der Waals surface area contributed by atoms with Crippen LogP contribution in [-0.4, -0.2) is 72.0 Å². The monoisotopic (exact) mass is 602 g/mol. The van der Waals surface area contributed by atoms with E-state index in [9.17, 15) is 0 Å². The van der Waals surface area contributed by atoms with Crippen molar-refractivity contribution in [1.82, 2.24) is 19.4 Å². The first-order valence-corrected chi connectivity index (χ1v) is 15.5. The van der Waals surface area contributed by atoms with Crippen LogP contribution in [0.4, 0.5) is 0 Å². The molecule has 1 fully saturated rings. The molecular weight excluding hydrogens is 564 g/mol. The highest BCUT2D eigenvalue weighted by molar-refractivity contribution is 6.30. The second-order valence-electron chi connectivity index (χ2n) is 10.8. The van der Waals surface area contributed by atoms with Gasteiger partial charge in [0.1, 0.15) is 24.8 Å². The topological polar surface area (TPSA) is 61.2 Å². The number of fused-ring (bicyclic) bond motifs is 1. The Morgan fingerprint density at radius 3 is 2.37 bits per heavy atom. The van der Waals surface area contributed by atoms with Crippen molar-refractivity contribution in [2.24, 2.45) is 0 Å². The molecule has 8 nitrogen and oxygen atoms in total. The van der Waals surface area contributed by atoms with Gasteiger partial charge in [-0.2, -0.15) is 0 Å². The molecule has 4 aromatic rings. The fourth-order valence-corrected chi connectivity index (χ4v) is 5.95. The number of halogens is 1. The summed E-state index contributed by atoms with van der Waals surface area (Å²) in [5, 5.41) is 0.538. The van der Waals surface area contributed by atoms with E-state index in [1.165, 1.54) is 5.56 Å². The van der Waals surface area contributed by atoms with Gasteiger partial charge in [0.2, 0.25) is 0 Å². The maximum absolute atomic E-state index is 6.98. The Morgan fingerprint density at radius 2 is 1.58 bits per heavy atom. The Hall–Kier alpha value is -3.56. The van der Waals surface area contributed by atoms with Crippen LogP contribution in [0.15, 0.2) is 72.8 Å². The van der Waals surface area contributed by atoms with Gasteiger partial charge in [0.25, 0.3) is 0 Å². The predicted molar refractivity (Wildman–Crippen MR) is 168 cm³/mol. The molecule has 9 heteroatoms. The highest BCUT2D eigenvalue weighted by Gasteiger charge is 2.22. The zero-order valence-corrected chi connectivity index (χ0v) is 25.5. The summed E-state index contributed by atoms with van der Waals surface area (Å²) in [5.74, 6) is 3.36. The number of morpholine rings is 1. The van der Waals surface area contributed by atoms with E-state index >= 15 is 0 Å². The molecule has 0 N–H and O–H groups in total. The molecule has 0 saturated carbocycles. The molecule has 0 spiro atoms. The molecule has 0 aliphatic carbocycles. The molecule has 3 aromatic carbocycles. The summed E-state index contributed by atoms with van der Waals surface area (Å²) in [4.78, 5) is 9.76. The van der Waals surface area contributed by atoms with Gasteiger partial charge in [-0.25, -0.2) is 4.98 Å². The second-order valence-corrected chi connectivity index (χ2v) is 11.2. The minimum Gasteiger partial charge on any atom is -0.494 e. The Labute approximate surface area is 258 Å². The van der Waals surface area contributed by atoms with Gasteiger partial charge in [-0.3, -0.25) is 9.80 Å². The van der Waals surface area contributed by atoms with Crippen LogP contribution < -0.4 is 14.2 Å². The van der Waals surface area contributed by atoms with Crippen molar-refractivity contribution in [2.75, 3.05) is 52.7 Å². The molecule has 0 unspecified atom stereocenters. The van der Waals surface area contributed by atoms with Gasteiger partial charge in [0, 0.05) is 51.4 Å². The molecule has 0 amide bonds. The number of aromatic nitrogens is 2. The summed E-state index contributed by atoms with van der Waals surface area (Å²) in [5.41, 5.74) is 4.37. The van der Waals surface area contributed by atoms with Crippen molar-refractivity contribution in [3.63, 3.8) is 0 Å². The van der Waals surface area contributed by atoms with Crippen molar-refractivity contribution in [3.05, 3.63) is 94.8 Å². The van der Waals surface area contributed by atoms with Gasteiger partial charge in [0.05, 0.1) is 25.5 Å². The quantitative estimate of drug-likeness (QED) is 0.200. The minimum atomic E-state index is 0.538. The van der Waals surface area contributed by atoms with E-state index in [1.54, 1.807) is 0 Å². The van der Waals surface area contributed by atoms with E-state index in [2.05, 4.69) is 56.8 Å². The molecule has 0 radical (unpaired) electrons. The van der Waals surface area contributed by atoms with Crippen LogP contribution in [0, 0.1) is 0 Å². The first-order valence-electron chi connectivity index (χ1n) is 15.1. The van der Waals surface area contributed by atoms with E-state index in [4.69, 9.17) is 35.5 Å². The average molecular weight is 603 g/mol. The van der Waals surface area contributed by atoms with Crippen molar-refractivity contribution in [2.45, 2.75) is 33.1 Å². The third kappa shape index (κ3) is 7.51. The fraction of sp³-hybridized carbons (Fsp3) is 0.382. The van der Waals surface area contributed by atoms with Crippen molar-refractivity contribution < 1.29 is 18.9 Å². The smallest absolute Gasteiger partial charge is 0.161 e. The number of benzene rings is 3. The molecule has 226 valence electrons. The normalized spacial score (nSPS) is 15.1. The number of hydrogen-bond donors (Lipinski definition) is 0. The van der Waals surface area contributed by atoms with Gasteiger partial charge in [-0.1, -0.05) is 60.1 Å². The van der Waals surface area contributed by atoms with E-state index in [0.29, 0.717) is 44.6 Å². The molecule has 0 bridgehead atoms. The molecule has 2 aliphatic heterocycles. The Bertz CT molecular complexity index is 1490. The SMILES string of the molecule is CCOc1cccc(CN(Cc2ccc3c(c2)OCCO3)Cc2c(Cl)nc(-c3ccccc3)n2CCN2CCOCC2)c1. The maximum Gasteiger partial charge on any atom is 0.161 e. The lowest BCUT2D eigenvalue weighted by atomic mass is 10.1. The third-order valence-corrected chi connectivity index (χ3v) is 8.10. The predicted octanol–water partition coefficient (Wildman–Crippen LogP) is 5.91. The minimum absolute atomic E-state index is 0.538. The summed E-state index contributed by atoms with van der Waals surface area (Å²) >= 11 is 6.98. The standard InChI is InChI=1S/C34H39ClN4O4/c1-2-41-29-10-6-7-26(21-29)23-38(24-27-11-12-31-32(22-27)43-20-19-42-31)25-30-33(35)36-34(28-8-4-3-5-9-28)39(30)14-13-37-15-17-40-18-16-37/h3-12,21-22H,2,13-20,23-25H2,1H3. The summed E-state index contributed by atoms with van der Waals surface area (Å²) in [6, 6.07) is 24.8. The van der Waals surface area contributed by atoms with Crippen LogP contribution in [-0.2, 0) is 30.9 Å². The van der Waals surface area contributed by atoms with Gasteiger partial charge in [-0.05, 0) is 42.3 Å². The van der Waals surface area contributed by atoms with Gasteiger partial charge in [0.15, 0.2) is 16.7 Å². The summed E-state index contributed by atoms with van der Waals surface area (Å²) in [7, 11) is 0. The van der Waals surface area contributed by atoms with E-state index in [1.807, 2.05) is 37.3 Å². The van der Waals surface area contributed by atoms with Crippen molar-refractivity contribution >= 4 is 11.6 Å². The number of nitrogens with zero attached hydrogens (tertiary/aromatic N) is 4. The van der Waals surface area contributed by atoms with Crippen LogP contribution in [0.3, 0.4) is 0 Å². The highest BCUT2D eigenvalue weighted by atomic mass is 35.5. The van der Waals surface area contributed by atoms with E-state index in [-0.39, 0.29) is 0 Å². The molecule has 3 heterocycles. The molecule has 0 atom stereocenters. The number of imidazole rings is 1. The lowest BCUT2D eigenvalue weighted by Crippen LogP contribution is -2.38. The largest absolute Gasteiger partial charge is 0.494 e.